The van der Waals surface area contributed by atoms with Crippen molar-refractivity contribution in [2.75, 3.05) is 0 Å². The molecule has 0 bridgehead atoms. The Bertz CT molecular complexity index is 1510. The number of rotatable bonds is 4. The Morgan fingerprint density at radius 3 is 2.56 bits per heavy atom. The van der Waals surface area contributed by atoms with E-state index in [9.17, 15) is 0 Å². The lowest BCUT2D eigenvalue weighted by Crippen LogP contribution is -1.97. The Labute approximate surface area is 188 Å². The second-order valence-electron chi connectivity index (χ2n) is 7.41. The van der Waals surface area contributed by atoms with E-state index in [4.69, 9.17) is 4.98 Å². The van der Waals surface area contributed by atoms with Crippen LogP contribution in [0.1, 0.15) is 0 Å². The zero-order chi connectivity index (χ0) is 21.5. The number of hydrogen-bond acceptors (Lipinski definition) is 5. The molecule has 0 N–H and O–H groups in total. The molecule has 0 aliphatic rings. The molecule has 6 rings (SSSR count). The summed E-state index contributed by atoms with van der Waals surface area (Å²) in [4.78, 5) is 19.5. The quantitative estimate of drug-likeness (QED) is 0.362. The van der Waals surface area contributed by atoms with Crippen LogP contribution < -0.4 is 0 Å². The molecule has 0 saturated heterocycles. The van der Waals surface area contributed by atoms with E-state index in [2.05, 4.69) is 71.9 Å². The molecule has 0 unspecified atom stereocenters. The van der Waals surface area contributed by atoms with Gasteiger partial charge < -0.3 is 9.13 Å². The van der Waals surface area contributed by atoms with Crippen LogP contribution in [0.25, 0.3) is 50.1 Å². The van der Waals surface area contributed by atoms with Crippen LogP contribution in [0, 0.1) is 0 Å². The molecule has 0 fully saturated rings. The van der Waals surface area contributed by atoms with E-state index in [0.717, 1.165) is 50.1 Å². The minimum absolute atomic E-state index is 0.796. The lowest BCUT2D eigenvalue weighted by atomic mass is 10.1. The van der Waals surface area contributed by atoms with Crippen molar-refractivity contribution in [1.29, 1.82) is 0 Å². The van der Waals surface area contributed by atoms with Crippen molar-refractivity contribution in [3.63, 3.8) is 0 Å². The highest BCUT2D eigenvalue weighted by molar-refractivity contribution is 7.13. The van der Waals surface area contributed by atoms with Crippen LogP contribution >= 0.6 is 11.3 Å². The van der Waals surface area contributed by atoms with E-state index in [1.54, 1.807) is 29.9 Å². The lowest BCUT2D eigenvalue weighted by Gasteiger charge is -2.08. The number of imidazole rings is 1. The van der Waals surface area contributed by atoms with Crippen molar-refractivity contribution >= 4 is 22.4 Å². The summed E-state index contributed by atoms with van der Waals surface area (Å²) in [5, 5.41) is 3.18. The summed E-state index contributed by atoms with van der Waals surface area (Å²) >= 11 is 1.67. The van der Waals surface area contributed by atoms with Crippen molar-refractivity contribution < 1.29 is 0 Å². The molecule has 6 nitrogen and oxygen atoms in total. The minimum atomic E-state index is 0.796. The van der Waals surface area contributed by atoms with Crippen molar-refractivity contribution in [2.24, 2.45) is 7.05 Å². The standard InChI is InChI=1S/C25H18N6S/c1-30-23(20-16-26-12-13-27-20)22(29-25(30)21-5-3-15-32-21)17-6-8-19(9-7-17)31-14-10-18-4-2-11-28-24(18)31/h2-16H,1H3. The van der Waals surface area contributed by atoms with Gasteiger partial charge in [0, 0.05) is 48.5 Å². The number of pyridine rings is 1. The monoisotopic (exact) mass is 434 g/mol. The molecule has 6 aromatic rings. The van der Waals surface area contributed by atoms with Gasteiger partial charge in [0.05, 0.1) is 22.5 Å². The highest BCUT2D eigenvalue weighted by Crippen LogP contribution is 2.36. The maximum atomic E-state index is 5.03. The molecule has 5 heterocycles. The van der Waals surface area contributed by atoms with Crippen LogP contribution in [0.4, 0.5) is 0 Å². The Morgan fingerprint density at radius 1 is 0.875 bits per heavy atom. The smallest absolute Gasteiger partial charge is 0.151 e. The third-order valence-electron chi connectivity index (χ3n) is 5.51. The average molecular weight is 435 g/mol. The van der Waals surface area contributed by atoms with Crippen molar-refractivity contribution in [2.45, 2.75) is 0 Å². The van der Waals surface area contributed by atoms with E-state index in [1.807, 2.05) is 31.6 Å². The van der Waals surface area contributed by atoms with Gasteiger partial charge in [0.2, 0.25) is 0 Å². The number of aromatic nitrogens is 6. The Kier molecular flexibility index (Phi) is 4.40. The van der Waals surface area contributed by atoms with Gasteiger partial charge in [0.15, 0.2) is 5.82 Å². The summed E-state index contributed by atoms with van der Waals surface area (Å²) in [6.45, 7) is 0. The highest BCUT2D eigenvalue weighted by Gasteiger charge is 2.20. The van der Waals surface area contributed by atoms with E-state index < -0.39 is 0 Å². The molecule has 0 amide bonds. The summed E-state index contributed by atoms with van der Waals surface area (Å²) in [6.07, 6.45) is 9.05. The first-order valence-electron chi connectivity index (χ1n) is 10.2. The number of benzene rings is 1. The van der Waals surface area contributed by atoms with Crippen molar-refractivity contribution in [3.8, 4) is 39.0 Å². The number of fused-ring (bicyclic) bond motifs is 1. The first-order valence-corrected chi connectivity index (χ1v) is 11.1. The summed E-state index contributed by atoms with van der Waals surface area (Å²) < 4.78 is 4.20. The molecule has 154 valence electrons. The zero-order valence-electron chi connectivity index (χ0n) is 17.3. The molecular formula is C25H18N6S. The van der Waals surface area contributed by atoms with E-state index in [0.29, 0.717) is 0 Å². The molecule has 1 aromatic carbocycles. The van der Waals surface area contributed by atoms with Gasteiger partial charge in [-0.25, -0.2) is 9.97 Å². The van der Waals surface area contributed by atoms with Gasteiger partial charge in [-0.2, -0.15) is 0 Å². The van der Waals surface area contributed by atoms with Gasteiger partial charge in [-0.05, 0) is 41.8 Å². The molecule has 0 saturated carbocycles. The molecular weight excluding hydrogens is 416 g/mol. The summed E-state index contributed by atoms with van der Waals surface area (Å²) in [5.74, 6) is 0.917. The van der Waals surface area contributed by atoms with Crippen LogP contribution in [-0.4, -0.2) is 29.1 Å². The first kappa shape index (κ1) is 18.7. The normalized spacial score (nSPS) is 11.3. The van der Waals surface area contributed by atoms with E-state index in [-0.39, 0.29) is 0 Å². The summed E-state index contributed by atoms with van der Waals surface area (Å²) in [6, 6.07) is 18.6. The maximum Gasteiger partial charge on any atom is 0.151 e. The second-order valence-corrected chi connectivity index (χ2v) is 8.36. The maximum absolute atomic E-state index is 5.03. The van der Waals surface area contributed by atoms with Crippen LogP contribution in [-0.2, 0) is 7.05 Å². The topological polar surface area (TPSA) is 61.4 Å². The third-order valence-corrected chi connectivity index (χ3v) is 6.38. The van der Waals surface area contributed by atoms with E-state index >= 15 is 0 Å². The fraction of sp³-hybridized carbons (Fsp3) is 0.0400. The van der Waals surface area contributed by atoms with Gasteiger partial charge >= 0.3 is 0 Å². The Hall–Kier alpha value is -4.10. The third kappa shape index (κ3) is 3.02. The van der Waals surface area contributed by atoms with Crippen LogP contribution in [0.2, 0.25) is 0 Å². The SMILES string of the molecule is Cn1c(-c2cccs2)nc(-c2ccc(-n3ccc4cccnc43)cc2)c1-c1cnccn1. The van der Waals surface area contributed by atoms with Crippen LogP contribution in [0.15, 0.2) is 91.0 Å². The van der Waals surface area contributed by atoms with Gasteiger partial charge in [0.25, 0.3) is 0 Å². The predicted octanol–water partition coefficient (Wildman–Crippen LogP) is 5.61. The molecule has 5 aromatic heterocycles. The molecule has 0 aliphatic carbocycles. The second kappa shape index (κ2) is 7.55. The fourth-order valence-electron chi connectivity index (χ4n) is 4.00. The molecule has 7 heteroatoms. The van der Waals surface area contributed by atoms with Crippen LogP contribution in [0.3, 0.4) is 0 Å². The number of nitrogens with zero attached hydrogens (tertiary/aromatic N) is 6. The molecule has 0 atom stereocenters. The number of hydrogen-bond donors (Lipinski definition) is 0. The lowest BCUT2D eigenvalue weighted by molar-refractivity contribution is 0.928. The highest BCUT2D eigenvalue weighted by atomic mass is 32.1. The van der Waals surface area contributed by atoms with E-state index in [1.165, 1.54) is 0 Å². The van der Waals surface area contributed by atoms with Gasteiger partial charge in [-0.15, -0.1) is 11.3 Å². The predicted molar refractivity (Wildman–Crippen MR) is 128 cm³/mol. The fourth-order valence-corrected chi connectivity index (χ4v) is 4.74. The van der Waals surface area contributed by atoms with Crippen molar-refractivity contribution in [3.05, 3.63) is 91.0 Å². The summed E-state index contributed by atoms with van der Waals surface area (Å²) in [7, 11) is 2.03. The minimum Gasteiger partial charge on any atom is -0.325 e. The summed E-state index contributed by atoms with van der Waals surface area (Å²) in [5.41, 5.74) is 5.65. The molecule has 0 radical (unpaired) electrons. The molecule has 0 aliphatic heterocycles. The largest absolute Gasteiger partial charge is 0.325 e. The zero-order valence-corrected chi connectivity index (χ0v) is 18.1. The van der Waals surface area contributed by atoms with Crippen molar-refractivity contribution in [1.82, 2.24) is 29.1 Å². The van der Waals surface area contributed by atoms with Gasteiger partial charge in [-0.3, -0.25) is 9.97 Å². The molecule has 32 heavy (non-hydrogen) atoms. The molecule has 0 spiro atoms. The van der Waals surface area contributed by atoms with Gasteiger partial charge in [-0.1, -0.05) is 18.2 Å². The van der Waals surface area contributed by atoms with Gasteiger partial charge in [0.1, 0.15) is 11.3 Å². The van der Waals surface area contributed by atoms with Crippen LogP contribution in [0.5, 0.6) is 0 Å². The number of thiophene rings is 1. The Balaban J connectivity index is 1.49. The average Bonchev–Trinajstić information content (AvgIpc) is 3.58. The Morgan fingerprint density at radius 2 is 1.78 bits per heavy atom. The first-order chi connectivity index (χ1) is 15.8.